The first-order valence-corrected chi connectivity index (χ1v) is 3.91. The Kier molecular flexibility index (Phi) is 3.46. The molecular formula is C9H8F4O. The van der Waals surface area contributed by atoms with Crippen molar-refractivity contribution in [1.82, 2.24) is 0 Å². The van der Waals surface area contributed by atoms with Gasteiger partial charge in [-0.15, -0.1) is 0 Å². The van der Waals surface area contributed by atoms with Crippen molar-refractivity contribution in [3.8, 4) is 0 Å². The fourth-order valence-electron chi connectivity index (χ4n) is 1.02. The van der Waals surface area contributed by atoms with Crippen LogP contribution in [0, 0.1) is 11.6 Å². The molecule has 0 aliphatic carbocycles. The standard InChI is InChI=1S/C9H8F4O/c10-6-3-1-2-5(8(6)11)4-7(14)9(12)13/h1-3,7,9,14H,4H2. The van der Waals surface area contributed by atoms with Crippen LogP contribution >= 0.6 is 0 Å². The zero-order chi connectivity index (χ0) is 10.7. The van der Waals surface area contributed by atoms with Crippen LogP contribution in [0.25, 0.3) is 0 Å². The zero-order valence-corrected chi connectivity index (χ0v) is 7.05. The molecule has 14 heavy (non-hydrogen) atoms. The third kappa shape index (κ3) is 2.45. The first-order valence-electron chi connectivity index (χ1n) is 3.91. The fourth-order valence-corrected chi connectivity index (χ4v) is 1.02. The van der Waals surface area contributed by atoms with Gasteiger partial charge in [0.2, 0.25) is 0 Å². The van der Waals surface area contributed by atoms with Crippen molar-refractivity contribution < 1.29 is 22.7 Å². The van der Waals surface area contributed by atoms with Crippen molar-refractivity contribution in [2.45, 2.75) is 19.0 Å². The van der Waals surface area contributed by atoms with Crippen molar-refractivity contribution in [2.24, 2.45) is 0 Å². The van der Waals surface area contributed by atoms with Crippen molar-refractivity contribution in [3.63, 3.8) is 0 Å². The Balaban J connectivity index is 2.82. The van der Waals surface area contributed by atoms with Gasteiger partial charge in [0, 0.05) is 6.42 Å². The SMILES string of the molecule is OC(Cc1cccc(F)c1F)C(F)F. The van der Waals surface area contributed by atoms with E-state index in [0.717, 1.165) is 12.1 Å². The Bertz CT molecular complexity index is 314. The van der Waals surface area contributed by atoms with Crippen molar-refractivity contribution in [1.29, 1.82) is 0 Å². The molecule has 78 valence electrons. The molecule has 1 aromatic carbocycles. The van der Waals surface area contributed by atoms with Crippen LogP contribution < -0.4 is 0 Å². The molecule has 0 aromatic heterocycles. The fraction of sp³-hybridized carbons (Fsp3) is 0.333. The van der Waals surface area contributed by atoms with Crippen LogP contribution in [0.2, 0.25) is 0 Å². The van der Waals surface area contributed by atoms with Gasteiger partial charge in [0.15, 0.2) is 11.6 Å². The molecule has 0 aliphatic heterocycles. The summed E-state index contributed by atoms with van der Waals surface area (Å²) in [7, 11) is 0. The molecule has 0 radical (unpaired) electrons. The minimum absolute atomic E-state index is 0.252. The summed E-state index contributed by atoms with van der Waals surface area (Å²) in [6, 6.07) is 3.24. The maximum atomic E-state index is 12.9. The molecule has 1 N–H and O–H groups in total. The molecule has 0 aliphatic rings. The molecule has 1 nitrogen and oxygen atoms in total. The monoisotopic (exact) mass is 208 g/mol. The van der Waals surface area contributed by atoms with Gasteiger partial charge in [-0.2, -0.15) is 0 Å². The van der Waals surface area contributed by atoms with Gasteiger partial charge in [-0.05, 0) is 11.6 Å². The Morgan fingerprint density at radius 2 is 1.86 bits per heavy atom. The van der Waals surface area contributed by atoms with E-state index < -0.39 is 30.6 Å². The van der Waals surface area contributed by atoms with E-state index in [-0.39, 0.29) is 5.56 Å². The van der Waals surface area contributed by atoms with Gasteiger partial charge in [-0.3, -0.25) is 0 Å². The predicted molar refractivity (Wildman–Crippen MR) is 42.1 cm³/mol. The van der Waals surface area contributed by atoms with Crippen molar-refractivity contribution in [2.75, 3.05) is 0 Å². The highest BCUT2D eigenvalue weighted by molar-refractivity contribution is 5.19. The van der Waals surface area contributed by atoms with Gasteiger partial charge in [0.25, 0.3) is 6.43 Å². The number of benzene rings is 1. The molecule has 1 atom stereocenters. The lowest BCUT2D eigenvalue weighted by molar-refractivity contribution is -0.00412. The summed E-state index contributed by atoms with van der Waals surface area (Å²) in [6.07, 6.45) is -5.52. The van der Waals surface area contributed by atoms with E-state index in [1.165, 1.54) is 6.07 Å². The second-order valence-corrected chi connectivity index (χ2v) is 2.82. The molecule has 0 amide bonds. The van der Waals surface area contributed by atoms with E-state index in [1.807, 2.05) is 0 Å². The van der Waals surface area contributed by atoms with Crippen LogP contribution in [0.3, 0.4) is 0 Å². The van der Waals surface area contributed by atoms with Crippen molar-refractivity contribution >= 4 is 0 Å². The second-order valence-electron chi connectivity index (χ2n) is 2.82. The summed E-state index contributed by atoms with van der Waals surface area (Å²) >= 11 is 0. The Morgan fingerprint density at radius 1 is 1.21 bits per heavy atom. The van der Waals surface area contributed by atoms with E-state index in [1.54, 1.807) is 0 Å². The summed E-state index contributed by atoms with van der Waals surface area (Å²) in [5, 5.41) is 8.76. The average Bonchev–Trinajstić information content (AvgIpc) is 2.12. The molecule has 5 heteroatoms. The number of rotatable bonds is 3. The molecule has 1 aromatic rings. The molecule has 1 rings (SSSR count). The van der Waals surface area contributed by atoms with Crippen molar-refractivity contribution in [3.05, 3.63) is 35.4 Å². The molecule has 0 spiro atoms. The van der Waals surface area contributed by atoms with Crippen LogP contribution in [-0.2, 0) is 6.42 Å². The van der Waals surface area contributed by atoms with E-state index in [4.69, 9.17) is 5.11 Å². The molecule has 0 fully saturated rings. The Hall–Kier alpha value is -1.10. The molecule has 0 heterocycles. The first-order chi connectivity index (χ1) is 6.52. The highest BCUT2D eigenvalue weighted by atomic mass is 19.3. The number of aliphatic hydroxyl groups is 1. The van der Waals surface area contributed by atoms with Crippen LogP contribution in [-0.4, -0.2) is 17.6 Å². The van der Waals surface area contributed by atoms with Crippen LogP contribution in [0.5, 0.6) is 0 Å². The zero-order valence-electron chi connectivity index (χ0n) is 7.05. The van der Waals surface area contributed by atoms with Gasteiger partial charge in [0.05, 0.1) is 0 Å². The topological polar surface area (TPSA) is 20.2 Å². The number of halogens is 4. The summed E-state index contributed by atoms with van der Waals surface area (Å²) in [5.74, 6) is -2.30. The van der Waals surface area contributed by atoms with Crippen LogP contribution in [0.4, 0.5) is 17.6 Å². The summed E-state index contributed by atoms with van der Waals surface area (Å²) in [6.45, 7) is 0. The molecular weight excluding hydrogens is 200 g/mol. The minimum Gasteiger partial charge on any atom is -0.387 e. The summed E-state index contributed by atoms with van der Waals surface area (Å²) in [4.78, 5) is 0. The minimum atomic E-state index is -2.96. The Labute approximate surface area is 78.0 Å². The normalized spacial score (nSPS) is 13.3. The van der Waals surface area contributed by atoms with Crippen LogP contribution in [0.15, 0.2) is 18.2 Å². The lowest BCUT2D eigenvalue weighted by Crippen LogP contribution is -2.20. The van der Waals surface area contributed by atoms with E-state index in [9.17, 15) is 17.6 Å². The third-order valence-corrected chi connectivity index (χ3v) is 1.75. The van der Waals surface area contributed by atoms with Gasteiger partial charge in [0.1, 0.15) is 6.10 Å². The highest BCUT2D eigenvalue weighted by Crippen LogP contribution is 2.15. The van der Waals surface area contributed by atoms with Gasteiger partial charge >= 0.3 is 0 Å². The van der Waals surface area contributed by atoms with Gasteiger partial charge in [-0.1, -0.05) is 12.1 Å². The largest absolute Gasteiger partial charge is 0.387 e. The van der Waals surface area contributed by atoms with Gasteiger partial charge in [-0.25, -0.2) is 17.6 Å². The third-order valence-electron chi connectivity index (χ3n) is 1.75. The molecule has 0 saturated heterocycles. The molecule has 0 saturated carbocycles. The highest BCUT2D eigenvalue weighted by Gasteiger charge is 2.19. The quantitative estimate of drug-likeness (QED) is 0.754. The van der Waals surface area contributed by atoms with E-state index in [2.05, 4.69) is 0 Å². The van der Waals surface area contributed by atoms with Gasteiger partial charge < -0.3 is 5.11 Å². The van der Waals surface area contributed by atoms with Crippen LogP contribution in [0.1, 0.15) is 5.56 Å². The Morgan fingerprint density at radius 3 is 2.43 bits per heavy atom. The maximum absolute atomic E-state index is 12.9. The number of hydrogen-bond donors (Lipinski definition) is 1. The van der Waals surface area contributed by atoms with E-state index in [0.29, 0.717) is 0 Å². The molecule has 1 unspecified atom stereocenters. The summed E-state index contributed by atoms with van der Waals surface area (Å²) in [5.41, 5.74) is -0.252. The smallest absolute Gasteiger partial charge is 0.264 e. The second kappa shape index (κ2) is 4.41. The number of alkyl halides is 2. The lowest BCUT2D eigenvalue weighted by atomic mass is 10.1. The maximum Gasteiger partial charge on any atom is 0.264 e. The summed E-state index contributed by atoms with van der Waals surface area (Å²) < 4.78 is 49.2. The number of aliphatic hydroxyl groups excluding tert-OH is 1. The lowest BCUT2D eigenvalue weighted by Gasteiger charge is -2.09. The average molecular weight is 208 g/mol. The first kappa shape index (κ1) is 11.0. The molecule has 0 bridgehead atoms. The van der Waals surface area contributed by atoms with E-state index >= 15 is 0 Å². The number of hydrogen-bond acceptors (Lipinski definition) is 1. The predicted octanol–water partition coefficient (Wildman–Crippen LogP) is 2.13.